The van der Waals surface area contributed by atoms with Crippen molar-refractivity contribution in [2.45, 2.75) is 5.41 Å². The van der Waals surface area contributed by atoms with Gasteiger partial charge in [0.2, 0.25) is 0 Å². The molecule has 0 amide bonds. The molecule has 11 aromatic carbocycles. The second-order valence-corrected chi connectivity index (χ2v) is 16.3. The van der Waals surface area contributed by atoms with Gasteiger partial charge in [0.15, 0.2) is 0 Å². The van der Waals surface area contributed by atoms with Crippen LogP contribution in [0, 0.1) is 0 Å². The molecule has 12 aromatic rings. The summed E-state index contributed by atoms with van der Waals surface area (Å²) in [6.45, 7) is 0. The van der Waals surface area contributed by atoms with Gasteiger partial charge >= 0.3 is 0 Å². The highest BCUT2D eigenvalue weighted by molar-refractivity contribution is 6.20. The molecule has 1 aliphatic rings. The Hall–Kier alpha value is -7.74. The molecule has 0 radical (unpaired) electrons. The number of hydrogen-bond acceptors (Lipinski definition) is 1. The summed E-state index contributed by atoms with van der Waals surface area (Å²) in [5, 5.41) is 12.4. The highest BCUT2D eigenvalue weighted by Crippen LogP contribution is 2.59. The first kappa shape index (κ1) is 33.3. The zero-order valence-electron chi connectivity index (χ0n) is 32.7. The summed E-state index contributed by atoms with van der Waals surface area (Å²) < 4.78 is 6.41. The van der Waals surface area contributed by atoms with E-state index in [0.29, 0.717) is 0 Å². The van der Waals surface area contributed by atoms with E-state index in [1.54, 1.807) is 0 Å². The molecular weight excluding hydrogens is 725 g/mol. The third-order valence-electron chi connectivity index (χ3n) is 13.3. The Bertz CT molecular complexity index is 3660. The van der Waals surface area contributed by atoms with Crippen LogP contribution in [0.4, 0.5) is 0 Å². The Morgan fingerprint density at radius 3 is 1.73 bits per heavy atom. The fourth-order valence-corrected chi connectivity index (χ4v) is 10.8. The van der Waals surface area contributed by atoms with Crippen molar-refractivity contribution in [3.63, 3.8) is 0 Å². The zero-order chi connectivity index (χ0) is 39.4. The molecule has 0 unspecified atom stereocenters. The van der Waals surface area contributed by atoms with E-state index in [4.69, 9.17) is 4.42 Å². The molecule has 60 heavy (non-hydrogen) atoms. The SMILES string of the molecule is c1ccc(C2(c3ccccc3)c3cc(-c4c5ccccc5cc5c4ccc4ccccc45)ccc3-c3ccc4c(-c5ccc6c(c5)oc5ccccc56)cccc4c32)cc1. The summed E-state index contributed by atoms with van der Waals surface area (Å²) in [6, 6.07) is 80.9. The minimum absolute atomic E-state index is 0.600. The summed E-state index contributed by atoms with van der Waals surface area (Å²) >= 11 is 0. The monoisotopic (exact) mass is 760 g/mol. The molecule has 1 nitrogen and oxygen atoms in total. The van der Waals surface area contributed by atoms with Crippen LogP contribution in [-0.4, -0.2) is 0 Å². The van der Waals surface area contributed by atoms with Crippen LogP contribution >= 0.6 is 0 Å². The summed E-state index contributed by atoms with van der Waals surface area (Å²) in [4.78, 5) is 0. The maximum absolute atomic E-state index is 6.41. The van der Waals surface area contributed by atoms with Crippen LogP contribution in [0.15, 0.2) is 223 Å². The second kappa shape index (κ2) is 12.6. The normalized spacial score (nSPS) is 13.1. The molecule has 0 aliphatic heterocycles. The van der Waals surface area contributed by atoms with Gasteiger partial charge in [0.25, 0.3) is 0 Å². The highest BCUT2D eigenvalue weighted by atomic mass is 16.3. The molecule has 13 rings (SSSR count). The van der Waals surface area contributed by atoms with Crippen LogP contribution in [-0.2, 0) is 5.41 Å². The molecule has 278 valence electrons. The van der Waals surface area contributed by atoms with Crippen molar-refractivity contribution in [1.29, 1.82) is 0 Å². The van der Waals surface area contributed by atoms with Gasteiger partial charge in [-0.1, -0.05) is 188 Å². The van der Waals surface area contributed by atoms with E-state index in [-0.39, 0.29) is 0 Å². The van der Waals surface area contributed by atoms with Gasteiger partial charge < -0.3 is 4.42 Å². The summed E-state index contributed by atoms with van der Waals surface area (Å²) in [7, 11) is 0. The Labute approximate surface area is 347 Å². The van der Waals surface area contributed by atoms with E-state index < -0.39 is 5.41 Å². The zero-order valence-corrected chi connectivity index (χ0v) is 32.7. The number of rotatable bonds is 4. The predicted octanol–water partition coefficient (Wildman–Crippen LogP) is 15.9. The van der Waals surface area contributed by atoms with Gasteiger partial charge in [-0.15, -0.1) is 0 Å². The number of hydrogen-bond donors (Lipinski definition) is 0. The van der Waals surface area contributed by atoms with Crippen LogP contribution in [0.25, 0.3) is 98.4 Å². The van der Waals surface area contributed by atoms with Crippen LogP contribution in [0.5, 0.6) is 0 Å². The largest absolute Gasteiger partial charge is 0.456 e. The van der Waals surface area contributed by atoms with Crippen molar-refractivity contribution in [2.24, 2.45) is 0 Å². The lowest BCUT2D eigenvalue weighted by molar-refractivity contribution is 0.669. The minimum atomic E-state index is -0.600. The Balaban J connectivity index is 1.12. The average Bonchev–Trinajstić information content (AvgIpc) is 3.84. The molecular formula is C59H36O. The van der Waals surface area contributed by atoms with Gasteiger partial charge in [-0.3, -0.25) is 0 Å². The Kier molecular flexibility index (Phi) is 7.00. The fourth-order valence-electron chi connectivity index (χ4n) is 10.8. The fraction of sp³-hybridized carbons (Fsp3) is 0.0169. The summed E-state index contributed by atoms with van der Waals surface area (Å²) in [5.74, 6) is 0. The van der Waals surface area contributed by atoms with Gasteiger partial charge in [0.05, 0.1) is 5.41 Å². The van der Waals surface area contributed by atoms with E-state index in [9.17, 15) is 0 Å². The molecule has 1 aromatic heterocycles. The number of para-hydroxylation sites is 1. The third-order valence-corrected chi connectivity index (χ3v) is 13.3. The number of fused-ring (bicyclic) bond motifs is 12. The lowest BCUT2D eigenvalue weighted by Gasteiger charge is -2.35. The highest BCUT2D eigenvalue weighted by Gasteiger charge is 2.47. The van der Waals surface area contributed by atoms with E-state index in [2.05, 4.69) is 212 Å². The molecule has 1 heterocycles. The first-order valence-electron chi connectivity index (χ1n) is 20.8. The van der Waals surface area contributed by atoms with Crippen molar-refractivity contribution in [3.8, 4) is 33.4 Å². The van der Waals surface area contributed by atoms with E-state index >= 15 is 0 Å². The van der Waals surface area contributed by atoms with E-state index in [0.717, 1.165) is 27.5 Å². The maximum Gasteiger partial charge on any atom is 0.136 e. The van der Waals surface area contributed by atoms with E-state index in [1.165, 1.54) is 93.2 Å². The third kappa shape index (κ3) is 4.58. The van der Waals surface area contributed by atoms with Crippen molar-refractivity contribution < 1.29 is 4.42 Å². The Morgan fingerprint density at radius 1 is 0.300 bits per heavy atom. The smallest absolute Gasteiger partial charge is 0.136 e. The lowest BCUT2D eigenvalue weighted by Crippen LogP contribution is -2.29. The molecule has 1 heteroatoms. The van der Waals surface area contributed by atoms with Gasteiger partial charge in [0, 0.05) is 10.8 Å². The van der Waals surface area contributed by atoms with Crippen molar-refractivity contribution >= 4 is 65.0 Å². The minimum Gasteiger partial charge on any atom is -0.456 e. The van der Waals surface area contributed by atoms with Crippen molar-refractivity contribution in [1.82, 2.24) is 0 Å². The quantitative estimate of drug-likeness (QED) is 0.129. The summed E-state index contributed by atoms with van der Waals surface area (Å²) in [5.41, 5.74) is 13.7. The molecule has 0 saturated carbocycles. The number of furan rings is 1. The molecule has 0 atom stereocenters. The van der Waals surface area contributed by atoms with Gasteiger partial charge in [-0.2, -0.15) is 0 Å². The van der Waals surface area contributed by atoms with Gasteiger partial charge in [-0.25, -0.2) is 0 Å². The molecule has 0 bridgehead atoms. The predicted molar refractivity (Wildman–Crippen MR) is 252 cm³/mol. The molecule has 0 N–H and O–H groups in total. The van der Waals surface area contributed by atoms with Crippen LogP contribution in [0.2, 0.25) is 0 Å². The summed E-state index contributed by atoms with van der Waals surface area (Å²) in [6.07, 6.45) is 0. The van der Waals surface area contributed by atoms with Crippen molar-refractivity contribution in [2.75, 3.05) is 0 Å². The maximum atomic E-state index is 6.41. The topological polar surface area (TPSA) is 13.1 Å². The van der Waals surface area contributed by atoms with Crippen LogP contribution < -0.4 is 0 Å². The van der Waals surface area contributed by atoms with Crippen LogP contribution in [0.1, 0.15) is 22.3 Å². The first-order chi connectivity index (χ1) is 29.8. The second-order valence-electron chi connectivity index (χ2n) is 16.3. The van der Waals surface area contributed by atoms with Crippen LogP contribution in [0.3, 0.4) is 0 Å². The van der Waals surface area contributed by atoms with Gasteiger partial charge in [0.1, 0.15) is 11.2 Å². The van der Waals surface area contributed by atoms with E-state index in [1.807, 2.05) is 6.07 Å². The molecule has 1 aliphatic carbocycles. The standard InChI is InChI=1S/C59H36O/c1-3-16-41(17-4-1)59(42-18-5-2-6-19-42)54-35-40(57-45-21-10-8-15-38(45)34-53-43-20-9-7-14-37(43)26-31-50(53)57)28-29-47(54)52-33-32-46-44(23-13-24-51(46)58(52)59)39-27-30-49-48-22-11-12-25-55(48)60-56(49)36-39/h1-36H. The molecule has 0 fully saturated rings. The Morgan fingerprint density at radius 2 is 0.917 bits per heavy atom. The molecule has 0 saturated heterocycles. The van der Waals surface area contributed by atoms with Crippen molar-refractivity contribution in [3.05, 3.63) is 241 Å². The first-order valence-corrected chi connectivity index (χ1v) is 20.8. The number of benzene rings is 11. The average molecular weight is 761 g/mol. The molecule has 0 spiro atoms. The lowest BCUT2D eigenvalue weighted by atomic mass is 9.66. The van der Waals surface area contributed by atoms with Gasteiger partial charge in [-0.05, 0) is 129 Å².